The second-order valence-electron chi connectivity index (χ2n) is 9.40. The molecule has 3 aromatic heterocycles. The quantitative estimate of drug-likeness (QED) is 0.549. The molecule has 1 amide bonds. The number of halogens is 3. The average Bonchev–Trinajstić information content (AvgIpc) is 2.84. The van der Waals surface area contributed by atoms with Gasteiger partial charge in [-0.05, 0) is 74.9 Å². The van der Waals surface area contributed by atoms with Crippen LogP contribution in [0, 0.1) is 19.8 Å². The van der Waals surface area contributed by atoms with Gasteiger partial charge < -0.3 is 10.2 Å². The van der Waals surface area contributed by atoms with Gasteiger partial charge in [0, 0.05) is 36.2 Å². The number of rotatable bonds is 4. The Morgan fingerprint density at radius 2 is 1.91 bits per heavy atom. The number of nitrogens with zero attached hydrogens (tertiary/aromatic N) is 4. The number of aromatic nitrogens is 3. The van der Waals surface area contributed by atoms with Gasteiger partial charge in [-0.25, -0.2) is 9.97 Å². The maximum Gasteiger partial charge on any atom is 0.417 e. The van der Waals surface area contributed by atoms with E-state index in [2.05, 4.69) is 20.3 Å². The fourth-order valence-electron chi connectivity index (χ4n) is 5.23. The minimum absolute atomic E-state index is 0.0967. The largest absolute Gasteiger partial charge is 0.417 e. The van der Waals surface area contributed by atoms with Crippen LogP contribution < -0.4 is 5.32 Å². The Bertz CT molecular complexity index is 1240. The van der Waals surface area contributed by atoms with Crippen LogP contribution in [0.25, 0.3) is 11.3 Å². The van der Waals surface area contributed by atoms with Crippen LogP contribution in [0.15, 0.2) is 48.8 Å². The van der Waals surface area contributed by atoms with Crippen LogP contribution in [-0.4, -0.2) is 44.4 Å². The van der Waals surface area contributed by atoms with Gasteiger partial charge in [0.15, 0.2) is 0 Å². The van der Waals surface area contributed by atoms with Gasteiger partial charge in [-0.15, -0.1) is 0 Å². The van der Waals surface area contributed by atoms with Crippen molar-refractivity contribution in [1.82, 2.24) is 19.9 Å². The number of pyridine rings is 3. The predicted octanol–water partition coefficient (Wildman–Crippen LogP) is 5.28. The summed E-state index contributed by atoms with van der Waals surface area (Å²) in [5, 5.41) is 3.29. The van der Waals surface area contributed by atoms with Crippen LogP contribution in [0.2, 0.25) is 0 Å². The molecule has 182 valence electrons. The number of carbonyl (C=O) groups excluding carboxylic acids is 1. The molecule has 35 heavy (non-hydrogen) atoms. The molecule has 1 saturated carbocycles. The van der Waals surface area contributed by atoms with Gasteiger partial charge in [0.25, 0.3) is 5.91 Å². The van der Waals surface area contributed by atoms with Crippen molar-refractivity contribution in [3.8, 4) is 11.3 Å². The van der Waals surface area contributed by atoms with E-state index in [4.69, 9.17) is 0 Å². The SMILES string of the molecule is Cc1ccc(-c2ncccc2C)c(C(=O)N2C[C@H]3CC[C@H]2[C@H](Nc2ccc(C(F)(F)F)cn2)C3)n1. The van der Waals surface area contributed by atoms with Crippen LogP contribution in [0.3, 0.4) is 0 Å². The Labute approximate surface area is 201 Å². The topological polar surface area (TPSA) is 71.0 Å². The van der Waals surface area contributed by atoms with Gasteiger partial charge in [0.05, 0.1) is 17.3 Å². The van der Waals surface area contributed by atoms with E-state index < -0.39 is 11.7 Å². The molecule has 1 N–H and O–H groups in total. The molecule has 0 spiro atoms. The van der Waals surface area contributed by atoms with E-state index >= 15 is 0 Å². The monoisotopic (exact) mass is 481 g/mol. The molecule has 0 unspecified atom stereocenters. The molecule has 0 radical (unpaired) electrons. The number of carbonyl (C=O) groups is 1. The van der Waals surface area contributed by atoms with Gasteiger partial charge in [-0.2, -0.15) is 13.2 Å². The summed E-state index contributed by atoms with van der Waals surface area (Å²) in [6.45, 7) is 4.45. The molecule has 2 saturated heterocycles. The Kier molecular flexibility index (Phi) is 5.94. The summed E-state index contributed by atoms with van der Waals surface area (Å²) in [6.07, 6.45) is 0.785. The number of alkyl halides is 3. The number of amides is 1. The van der Waals surface area contributed by atoms with E-state index in [-0.39, 0.29) is 18.0 Å². The van der Waals surface area contributed by atoms with Crippen molar-refractivity contribution < 1.29 is 18.0 Å². The number of aryl methyl sites for hydroxylation is 2. The Hall–Kier alpha value is -3.49. The van der Waals surface area contributed by atoms with Crippen molar-refractivity contribution in [1.29, 1.82) is 0 Å². The Morgan fingerprint density at radius 3 is 2.60 bits per heavy atom. The highest BCUT2D eigenvalue weighted by atomic mass is 19.4. The lowest BCUT2D eigenvalue weighted by molar-refractivity contribution is -0.137. The summed E-state index contributed by atoms with van der Waals surface area (Å²) in [4.78, 5) is 28.8. The molecule has 1 aliphatic carbocycles. The predicted molar refractivity (Wildman–Crippen MR) is 126 cm³/mol. The summed E-state index contributed by atoms with van der Waals surface area (Å²) in [5.41, 5.74) is 2.73. The third-order valence-electron chi connectivity index (χ3n) is 6.96. The van der Waals surface area contributed by atoms with E-state index in [0.717, 1.165) is 48.5 Å². The zero-order valence-corrected chi connectivity index (χ0v) is 19.5. The number of hydrogen-bond acceptors (Lipinski definition) is 5. The van der Waals surface area contributed by atoms with Crippen LogP contribution in [0.1, 0.15) is 46.6 Å². The molecule has 6 nitrogen and oxygen atoms in total. The molecule has 3 aromatic rings. The summed E-state index contributed by atoms with van der Waals surface area (Å²) >= 11 is 0. The number of nitrogens with one attached hydrogen (secondary N) is 1. The first kappa shape index (κ1) is 23.3. The first-order valence-corrected chi connectivity index (χ1v) is 11.7. The molecule has 3 aliphatic rings. The second kappa shape index (κ2) is 8.94. The van der Waals surface area contributed by atoms with Gasteiger partial charge in [-0.3, -0.25) is 9.78 Å². The molecular formula is C26H26F3N5O. The van der Waals surface area contributed by atoms with Crippen LogP contribution >= 0.6 is 0 Å². The summed E-state index contributed by atoms with van der Waals surface area (Å²) < 4.78 is 38.7. The smallest absolute Gasteiger partial charge is 0.365 e. The highest BCUT2D eigenvalue weighted by Crippen LogP contribution is 2.38. The molecular weight excluding hydrogens is 455 g/mol. The van der Waals surface area contributed by atoms with E-state index in [0.29, 0.717) is 29.5 Å². The first-order chi connectivity index (χ1) is 16.7. The van der Waals surface area contributed by atoms with Crippen molar-refractivity contribution in [3.05, 3.63) is 71.3 Å². The van der Waals surface area contributed by atoms with E-state index in [9.17, 15) is 18.0 Å². The fraction of sp³-hybridized carbons (Fsp3) is 0.385. The minimum atomic E-state index is -4.43. The van der Waals surface area contributed by atoms with Crippen LogP contribution in [-0.2, 0) is 6.18 Å². The lowest BCUT2D eigenvalue weighted by Gasteiger charge is -2.50. The Balaban J connectivity index is 1.42. The van der Waals surface area contributed by atoms with Crippen molar-refractivity contribution in [2.45, 2.75) is 51.4 Å². The van der Waals surface area contributed by atoms with E-state index in [1.54, 1.807) is 6.20 Å². The summed E-state index contributed by atoms with van der Waals surface area (Å²) in [7, 11) is 0. The van der Waals surface area contributed by atoms with Crippen molar-refractivity contribution in [2.75, 3.05) is 11.9 Å². The molecule has 0 aromatic carbocycles. The zero-order chi connectivity index (χ0) is 24.7. The van der Waals surface area contributed by atoms with Gasteiger partial charge in [0.2, 0.25) is 0 Å². The van der Waals surface area contributed by atoms with E-state index in [1.165, 1.54) is 6.07 Å². The molecule has 2 bridgehead atoms. The minimum Gasteiger partial charge on any atom is -0.365 e. The zero-order valence-electron chi connectivity index (χ0n) is 19.5. The number of hydrogen-bond donors (Lipinski definition) is 1. The second-order valence-corrected chi connectivity index (χ2v) is 9.40. The number of piperidine rings is 2. The summed E-state index contributed by atoms with van der Waals surface area (Å²) in [6, 6.07) is 9.77. The van der Waals surface area contributed by atoms with Gasteiger partial charge in [0.1, 0.15) is 11.5 Å². The summed E-state index contributed by atoms with van der Waals surface area (Å²) in [5.74, 6) is 0.539. The Morgan fingerprint density at radius 1 is 1.09 bits per heavy atom. The van der Waals surface area contributed by atoms with Crippen LogP contribution in [0.5, 0.6) is 0 Å². The molecule has 3 atom stereocenters. The maximum absolute atomic E-state index is 13.9. The maximum atomic E-state index is 13.9. The lowest BCUT2D eigenvalue weighted by Crippen LogP contribution is -2.60. The van der Waals surface area contributed by atoms with Crippen molar-refractivity contribution in [2.24, 2.45) is 5.92 Å². The average molecular weight is 482 g/mol. The molecule has 3 fully saturated rings. The number of anilines is 1. The third-order valence-corrected chi connectivity index (χ3v) is 6.96. The van der Waals surface area contributed by atoms with Crippen molar-refractivity contribution >= 4 is 11.7 Å². The normalized spacial score (nSPS) is 21.7. The third kappa shape index (κ3) is 4.59. The van der Waals surface area contributed by atoms with Gasteiger partial charge >= 0.3 is 6.18 Å². The molecule has 9 heteroatoms. The molecule has 5 heterocycles. The fourth-order valence-corrected chi connectivity index (χ4v) is 5.23. The first-order valence-electron chi connectivity index (χ1n) is 11.7. The highest BCUT2D eigenvalue weighted by molar-refractivity contribution is 5.99. The van der Waals surface area contributed by atoms with Crippen molar-refractivity contribution in [3.63, 3.8) is 0 Å². The molecule has 6 rings (SSSR count). The van der Waals surface area contributed by atoms with E-state index in [1.807, 2.05) is 43.0 Å². The van der Waals surface area contributed by atoms with Crippen LogP contribution in [0.4, 0.5) is 19.0 Å². The van der Waals surface area contributed by atoms with Gasteiger partial charge in [-0.1, -0.05) is 6.07 Å². The standard InChI is InChI=1S/C26H26F3N5O/c1-15-4-3-11-30-23(15)19-8-5-16(2)32-24(19)25(35)34-14-17-6-9-21(34)20(12-17)33-22-10-7-18(13-31-22)26(27,28)29/h3-5,7-8,10-11,13,17,20-21H,6,9,12,14H2,1-2H3,(H,31,33)/t17-,20+,21-/m0/s1. The number of fused-ring (bicyclic) bond motifs is 3. The molecule has 2 aliphatic heterocycles. The highest BCUT2D eigenvalue weighted by Gasteiger charge is 2.44. The lowest BCUT2D eigenvalue weighted by atomic mass is 9.76.